The summed E-state index contributed by atoms with van der Waals surface area (Å²) in [5, 5.41) is 0. The second-order valence-electron chi connectivity index (χ2n) is 4.89. The average Bonchev–Trinajstić information content (AvgIpc) is 2.68. The van der Waals surface area contributed by atoms with Gasteiger partial charge in [0.05, 0.1) is 18.8 Å². The fourth-order valence-corrected chi connectivity index (χ4v) is 3.74. The van der Waals surface area contributed by atoms with E-state index in [4.69, 9.17) is 4.74 Å². The topological polar surface area (TPSA) is 84.0 Å². The third kappa shape index (κ3) is 2.11. The molecule has 0 unspecified atom stereocenters. The number of amides is 2. The van der Waals surface area contributed by atoms with Gasteiger partial charge in [0.25, 0.3) is 21.8 Å². The lowest BCUT2D eigenvalue weighted by atomic mass is 10.1. The Morgan fingerprint density at radius 3 is 2.57 bits per heavy atom. The first-order chi connectivity index (χ1) is 9.93. The Kier molecular flexibility index (Phi) is 3.22. The molecule has 2 aliphatic heterocycles. The van der Waals surface area contributed by atoms with Gasteiger partial charge < -0.3 is 9.64 Å². The van der Waals surface area contributed by atoms with Crippen molar-refractivity contribution in [2.45, 2.75) is 4.90 Å². The van der Waals surface area contributed by atoms with Crippen LogP contribution in [0.5, 0.6) is 0 Å². The molecular weight excluding hydrogens is 296 g/mol. The molecule has 1 saturated heterocycles. The highest BCUT2D eigenvalue weighted by atomic mass is 32.2. The van der Waals surface area contributed by atoms with Crippen LogP contribution in [0.25, 0.3) is 0 Å². The normalized spacial score (nSPS) is 20.5. The molecule has 3 rings (SSSR count). The molecule has 1 fully saturated rings. The summed E-state index contributed by atoms with van der Waals surface area (Å²) in [5.41, 5.74) is 0.373. The quantitative estimate of drug-likeness (QED) is 0.725. The van der Waals surface area contributed by atoms with Gasteiger partial charge in [-0.2, -0.15) is 0 Å². The monoisotopic (exact) mass is 310 g/mol. The molecule has 0 atom stereocenters. The van der Waals surface area contributed by atoms with Crippen LogP contribution in [0.3, 0.4) is 0 Å². The first-order valence-corrected chi connectivity index (χ1v) is 7.91. The van der Waals surface area contributed by atoms with Crippen LogP contribution in [0.2, 0.25) is 0 Å². The van der Waals surface area contributed by atoms with Gasteiger partial charge in [0.15, 0.2) is 0 Å². The number of carbonyl (C=O) groups excluding carboxylic acids is 2. The summed E-state index contributed by atoms with van der Waals surface area (Å²) in [6.45, 7) is 1.88. The maximum atomic E-state index is 12.4. The molecule has 2 amide bonds. The van der Waals surface area contributed by atoms with Gasteiger partial charge in [0, 0.05) is 25.7 Å². The molecule has 2 heterocycles. The summed E-state index contributed by atoms with van der Waals surface area (Å²) >= 11 is 0. The molecule has 0 aliphatic carbocycles. The highest BCUT2D eigenvalue weighted by Crippen LogP contribution is 2.30. The highest BCUT2D eigenvalue weighted by molar-refractivity contribution is 7.90. The van der Waals surface area contributed by atoms with Crippen LogP contribution in [-0.2, 0) is 14.8 Å². The van der Waals surface area contributed by atoms with Crippen molar-refractivity contribution in [2.24, 2.45) is 0 Å². The number of nitrogens with zero attached hydrogens (tertiary/aromatic N) is 2. The van der Waals surface area contributed by atoms with Crippen LogP contribution < -0.4 is 0 Å². The third-order valence-electron chi connectivity index (χ3n) is 3.68. The molecule has 2 aliphatic rings. The molecule has 0 N–H and O–H groups in total. The predicted molar refractivity (Wildman–Crippen MR) is 72.4 cm³/mol. The van der Waals surface area contributed by atoms with E-state index in [1.807, 2.05) is 0 Å². The molecule has 0 saturated carbocycles. The largest absolute Gasteiger partial charge is 0.378 e. The van der Waals surface area contributed by atoms with Crippen LogP contribution in [0.15, 0.2) is 23.1 Å². The van der Waals surface area contributed by atoms with Crippen molar-refractivity contribution in [1.29, 1.82) is 0 Å². The Hall–Kier alpha value is -1.93. The molecule has 0 bridgehead atoms. The number of fused-ring (bicyclic) bond motifs is 1. The number of sulfonamides is 1. The molecule has 1 aromatic carbocycles. The lowest BCUT2D eigenvalue weighted by Crippen LogP contribution is -2.40. The van der Waals surface area contributed by atoms with Crippen LogP contribution >= 0.6 is 0 Å². The summed E-state index contributed by atoms with van der Waals surface area (Å²) in [4.78, 5) is 25.7. The van der Waals surface area contributed by atoms with Gasteiger partial charge in [-0.3, -0.25) is 9.59 Å². The Balaban J connectivity index is 1.99. The second kappa shape index (κ2) is 4.81. The van der Waals surface area contributed by atoms with Crippen molar-refractivity contribution in [1.82, 2.24) is 9.21 Å². The predicted octanol–water partition coefficient (Wildman–Crippen LogP) is -0.0667. The summed E-state index contributed by atoms with van der Waals surface area (Å²) in [7, 11) is -2.62. The van der Waals surface area contributed by atoms with Crippen molar-refractivity contribution in [2.75, 3.05) is 33.4 Å². The molecule has 0 radical (unpaired) electrons. The minimum atomic E-state index is -3.83. The zero-order valence-electron chi connectivity index (χ0n) is 11.4. The van der Waals surface area contributed by atoms with E-state index in [0.717, 1.165) is 0 Å². The van der Waals surface area contributed by atoms with E-state index in [2.05, 4.69) is 0 Å². The van der Waals surface area contributed by atoms with Crippen molar-refractivity contribution < 1.29 is 22.7 Å². The number of hydrogen-bond donors (Lipinski definition) is 0. The van der Waals surface area contributed by atoms with E-state index < -0.39 is 15.9 Å². The van der Waals surface area contributed by atoms with Crippen molar-refractivity contribution in [3.63, 3.8) is 0 Å². The van der Waals surface area contributed by atoms with Crippen molar-refractivity contribution in [3.8, 4) is 0 Å². The minimum Gasteiger partial charge on any atom is -0.378 e. The molecule has 0 aromatic heterocycles. The molecule has 0 spiro atoms. The van der Waals surface area contributed by atoms with Gasteiger partial charge in [0.2, 0.25) is 0 Å². The van der Waals surface area contributed by atoms with E-state index >= 15 is 0 Å². The second-order valence-corrected chi connectivity index (χ2v) is 6.83. The number of morpholine rings is 1. The Morgan fingerprint density at radius 1 is 1.24 bits per heavy atom. The van der Waals surface area contributed by atoms with E-state index in [-0.39, 0.29) is 21.9 Å². The molecular formula is C13H14N2O5S. The third-order valence-corrected chi connectivity index (χ3v) is 5.46. The smallest absolute Gasteiger partial charge is 0.268 e. The molecule has 7 nitrogen and oxygen atoms in total. The maximum Gasteiger partial charge on any atom is 0.268 e. The van der Waals surface area contributed by atoms with Crippen molar-refractivity contribution >= 4 is 21.8 Å². The zero-order chi connectivity index (χ0) is 15.2. The van der Waals surface area contributed by atoms with Crippen LogP contribution in [0.4, 0.5) is 0 Å². The Bertz CT molecular complexity index is 722. The number of ether oxygens (including phenoxy) is 1. The fraction of sp³-hybridized carbons (Fsp3) is 0.385. The molecule has 112 valence electrons. The van der Waals surface area contributed by atoms with Gasteiger partial charge in [-0.25, -0.2) is 12.7 Å². The van der Waals surface area contributed by atoms with E-state index in [1.165, 1.54) is 25.2 Å². The minimum absolute atomic E-state index is 0.103. The Morgan fingerprint density at radius 2 is 1.90 bits per heavy atom. The van der Waals surface area contributed by atoms with Gasteiger partial charge in [-0.15, -0.1) is 0 Å². The van der Waals surface area contributed by atoms with Crippen LogP contribution in [0, 0.1) is 0 Å². The highest BCUT2D eigenvalue weighted by Gasteiger charge is 2.39. The summed E-state index contributed by atoms with van der Waals surface area (Å²) in [5.74, 6) is -0.825. The summed E-state index contributed by atoms with van der Waals surface area (Å²) < 4.78 is 30.1. The first-order valence-electron chi connectivity index (χ1n) is 6.47. The lowest BCUT2D eigenvalue weighted by Gasteiger charge is -2.26. The van der Waals surface area contributed by atoms with Gasteiger partial charge in [0.1, 0.15) is 4.90 Å². The Labute approximate surface area is 122 Å². The van der Waals surface area contributed by atoms with Crippen LogP contribution in [-0.4, -0.2) is 62.8 Å². The fourth-order valence-electron chi connectivity index (χ4n) is 2.42. The van der Waals surface area contributed by atoms with Gasteiger partial charge in [-0.05, 0) is 18.2 Å². The summed E-state index contributed by atoms with van der Waals surface area (Å²) in [6, 6.07) is 4.17. The van der Waals surface area contributed by atoms with Crippen molar-refractivity contribution in [3.05, 3.63) is 29.3 Å². The standard InChI is InChI=1S/C13H14N2O5S/c1-14-13(17)10-3-2-9(8-11(10)21(14,18)19)12(16)15-4-6-20-7-5-15/h2-3,8H,4-7H2,1H3. The number of hydrogen-bond acceptors (Lipinski definition) is 5. The zero-order valence-corrected chi connectivity index (χ0v) is 12.2. The lowest BCUT2D eigenvalue weighted by molar-refractivity contribution is 0.0302. The van der Waals surface area contributed by atoms with Gasteiger partial charge in [-0.1, -0.05) is 0 Å². The average molecular weight is 310 g/mol. The van der Waals surface area contributed by atoms with Gasteiger partial charge >= 0.3 is 0 Å². The maximum absolute atomic E-state index is 12.4. The van der Waals surface area contributed by atoms with E-state index in [1.54, 1.807) is 4.90 Å². The number of carbonyl (C=O) groups is 2. The molecule has 1 aromatic rings. The van der Waals surface area contributed by atoms with E-state index in [9.17, 15) is 18.0 Å². The molecule has 21 heavy (non-hydrogen) atoms. The SMILES string of the molecule is CN1C(=O)c2ccc(C(=O)N3CCOCC3)cc2S1(=O)=O. The number of benzene rings is 1. The summed E-state index contributed by atoms with van der Waals surface area (Å²) in [6.07, 6.45) is 0. The molecule has 8 heteroatoms. The van der Waals surface area contributed by atoms with Crippen LogP contribution in [0.1, 0.15) is 20.7 Å². The van der Waals surface area contributed by atoms with E-state index in [0.29, 0.717) is 30.6 Å². The first kappa shape index (κ1) is 14.0. The number of rotatable bonds is 1.